The summed E-state index contributed by atoms with van der Waals surface area (Å²) in [6.45, 7) is 11.6. The Morgan fingerprint density at radius 1 is 0.683 bits per heavy atom. The van der Waals surface area contributed by atoms with Crippen molar-refractivity contribution in [3.63, 3.8) is 0 Å². The number of hydrogen-bond acceptors (Lipinski definition) is 6. The van der Waals surface area contributed by atoms with Crippen LogP contribution in [0.3, 0.4) is 0 Å². The van der Waals surface area contributed by atoms with Crippen LogP contribution in [0, 0.1) is 10.8 Å². The standard InChI is InChI=1S/C17H18Br2O2.C7H16O3S.C6H5BrO.Na/c1-17(2,11-20-15-9-5-3-7-13(15)18)12-21-16-10-6-4-8-14(16)19;1-5-7(2,3)6-10-11(4,8)9;7-5-3-1-2-4-6(5)8;/h3-10H,11-12H2,1-2H3;5-6H2,1-4H3;1-4,8H;/q;;;+1/p-1. The molecule has 0 aliphatic rings. The van der Waals surface area contributed by atoms with Gasteiger partial charge in [-0.15, -0.1) is 0 Å². The summed E-state index contributed by atoms with van der Waals surface area (Å²) in [6, 6.07) is 22.5. The van der Waals surface area contributed by atoms with Crippen molar-refractivity contribution in [1.29, 1.82) is 0 Å². The second-order valence-corrected chi connectivity index (χ2v) is 14.7. The third-order valence-corrected chi connectivity index (χ3v) is 7.88. The molecule has 0 aliphatic heterocycles. The average molecular weight is 789 g/mol. The maximum Gasteiger partial charge on any atom is 1.00 e. The molecule has 0 aromatic heterocycles. The van der Waals surface area contributed by atoms with Gasteiger partial charge in [0, 0.05) is 9.89 Å². The Labute approximate surface area is 293 Å². The van der Waals surface area contributed by atoms with Crippen molar-refractivity contribution in [1.82, 2.24) is 0 Å². The van der Waals surface area contributed by atoms with Gasteiger partial charge in [0.1, 0.15) is 11.5 Å². The third kappa shape index (κ3) is 18.6. The molecular formula is C30H38Br3NaO6S. The quantitative estimate of drug-likeness (QED) is 0.196. The Bertz CT molecular complexity index is 1210. The predicted octanol–water partition coefficient (Wildman–Crippen LogP) is 5.62. The van der Waals surface area contributed by atoms with Crippen LogP contribution < -0.4 is 44.1 Å². The molecule has 0 unspecified atom stereocenters. The SMILES string of the molecule is CC(C)(COc1ccccc1Br)COc1ccccc1Br.CCC(C)(C)COS(C)(=O)=O.[Na+].[O-]c1ccccc1Br. The van der Waals surface area contributed by atoms with Crippen LogP contribution in [0.1, 0.15) is 41.0 Å². The summed E-state index contributed by atoms with van der Waals surface area (Å²) >= 11 is 10.1. The summed E-state index contributed by atoms with van der Waals surface area (Å²) in [5.74, 6) is 1.74. The Morgan fingerprint density at radius 3 is 1.39 bits per heavy atom. The van der Waals surface area contributed by atoms with Crippen molar-refractivity contribution >= 4 is 57.9 Å². The van der Waals surface area contributed by atoms with Gasteiger partial charge in [-0.25, -0.2) is 0 Å². The van der Waals surface area contributed by atoms with E-state index in [2.05, 4.69) is 65.8 Å². The van der Waals surface area contributed by atoms with E-state index in [1.54, 1.807) is 12.1 Å². The maximum absolute atomic E-state index is 10.6. The molecule has 0 atom stereocenters. The Balaban J connectivity index is 0.000000670. The van der Waals surface area contributed by atoms with Crippen molar-refractivity contribution in [3.05, 3.63) is 86.2 Å². The number of hydrogen-bond donors (Lipinski definition) is 0. The smallest absolute Gasteiger partial charge is 0.872 e. The van der Waals surface area contributed by atoms with E-state index in [1.807, 2.05) is 75.4 Å². The summed E-state index contributed by atoms with van der Waals surface area (Å²) in [6.07, 6.45) is 1.97. The van der Waals surface area contributed by atoms with E-state index in [-0.39, 0.29) is 52.7 Å². The van der Waals surface area contributed by atoms with E-state index in [0.29, 0.717) is 17.7 Å². The molecule has 0 N–H and O–H groups in total. The average Bonchev–Trinajstić information content (AvgIpc) is 2.89. The van der Waals surface area contributed by atoms with Crippen LogP contribution >= 0.6 is 47.8 Å². The number of ether oxygens (including phenoxy) is 2. The number of halogens is 3. The maximum atomic E-state index is 10.6. The van der Waals surface area contributed by atoms with Crippen molar-refractivity contribution in [2.75, 3.05) is 26.1 Å². The zero-order chi connectivity index (χ0) is 30.4. The Kier molecular flexibility index (Phi) is 19.4. The van der Waals surface area contributed by atoms with Crippen LogP contribution in [0.25, 0.3) is 0 Å². The minimum atomic E-state index is -3.27. The zero-order valence-corrected chi connectivity index (χ0v) is 32.3. The molecule has 0 heterocycles. The van der Waals surface area contributed by atoms with Crippen molar-refractivity contribution in [2.24, 2.45) is 10.8 Å². The van der Waals surface area contributed by atoms with Gasteiger partial charge in [0.2, 0.25) is 0 Å². The summed E-state index contributed by atoms with van der Waals surface area (Å²) < 4.78 is 40.1. The van der Waals surface area contributed by atoms with E-state index in [1.165, 1.54) is 6.07 Å². The molecular weight excluding hydrogens is 751 g/mol. The summed E-state index contributed by atoms with van der Waals surface area (Å²) in [4.78, 5) is 0. The topological polar surface area (TPSA) is 84.9 Å². The fourth-order valence-corrected chi connectivity index (χ4v) is 4.14. The van der Waals surface area contributed by atoms with Crippen LogP contribution in [-0.2, 0) is 14.3 Å². The molecule has 3 aromatic rings. The van der Waals surface area contributed by atoms with Crippen molar-refractivity contribution < 1.29 is 56.7 Å². The van der Waals surface area contributed by atoms with Crippen LogP contribution in [0.2, 0.25) is 0 Å². The molecule has 11 heteroatoms. The van der Waals surface area contributed by atoms with Gasteiger partial charge in [-0.05, 0) is 74.0 Å². The van der Waals surface area contributed by atoms with E-state index < -0.39 is 10.1 Å². The molecule has 3 aromatic carbocycles. The van der Waals surface area contributed by atoms with E-state index >= 15 is 0 Å². The number of rotatable bonds is 10. The van der Waals surface area contributed by atoms with Crippen molar-refractivity contribution in [3.8, 4) is 17.2 Å². The van der Waals surface area contributed by atoms with Gasteiger partial charge in [-0.2, -0.15) is 8.42 Å². The first-order chi connectivity index (χ1) is 18.6. The molecule has 0 fully saturated rings. The van der Waals surface area contributed by atoms with Gasteiger partial charge < -0.3 is 14.6 Å². The van der Waals surface area contributed by atoms with Gasteiger partial charge in [-0.3, -0.25) is 4.18 Å². The molecule has 3 rings (SSSR count). The molecule has 222 valence electrons. The van der Waals surface area contributed by atoms with Gasteiger partial charge >= 0.3 is 29.6 Å². The molecule has 0 saturated carbocycles. The molecule has 41 heavy (non-hydrogen) atoms. The van der Waals surface area contributed by atoms with Gasteiger partial charge in [-0.1, -0.05) is 98.8 Å². The molecule has 0 amide bonds. The van der Waals surface area contributed by atoms with Crippen LogP contribution in [0.15, 0.2) is 86.2 Å². The van der Waals surface area contributed by atoms with Gasteiger partial charge in [0.15, 0.2) is 0 Å². The molecule has 0 aliphatic carbocycles. The molecule has 6 nitrogen and oxygen atoms in total. The van der Waals surface area contributed by atoms with E-state index in [0.717, 1.165) is 33.1 Å². The Morgan fingerprint density at radius 2 is 1.07 bits per heavy atom. The first kappa shape index (κ1) is 40.4. The third-order valence-electron chi connectivity index (χ3n) is 5.37. The van der Waals surface area contributed by atoms with Crippen molar-refractivity contribution in [2.45, 2.75) is 41.0 Å². The molecule has 0 bridgehead atoms. The number of benzene rings is 3. The molecule has 0 radical (unpaired) electrons. The monoisotopic (exact) mass is 786 g/mol. The normalized spacial score (nSPS) is 11.1. The van der Waals surface area contributed by atoms with Crippen LogP contribution in [0.5, 0.6) is 17.2 Å². The number of para-hydroxylation sites is 3. The van der Waals surface area contributed by atoms with E-state index in [4.69, 9.17) is 9.47 Å². The summed E-state index contributed by atoms with van der Waals surface area (Å²) in [5, 5.41) is 10.6. The second kappa shape index (κ2) is 19.6. The van der Waals surface area contributed by atoms with E-state index in [9.17, 15) is 13.5 Å². The van der Waals surface area contributed by atoms with Gasteiger partial charge in [0.05, 0.1) is 35.0 Å². The molecule has 0 saturated heterocycles. The summed E-state index contributed by atoms with van der Waals surface area (Å²) in [5.41, 5.74) is -0.145. The Hall–Kier alpha value is -0.590. The zero-order valence-electron chi connectivity index (χ0n) is 24.7. The first-order valence-electron chi connectivity index (χ1n) is 12.6. The predicted molar refractivity (Wildman–Crippen MR) is 172 cm³/mol. The molecule has 0 spiro atoms. The minimum absolute atomic E-state index is 0. The fourth-order valence-electron chi connectivity index (χ4n) is 2.52. The minimum Gasteiger partial charge on any atom is -0.872 e. The van der Waals surface area contributed by atoms with Crippen LogP contribution in [-0.4, -0.2) is 34.5 Å². The van der Waals surface area contributed by atoms with Gasteiger partial charge in [0.25, 0.3) is 10.1 Å². The summed E-state index contributed by atoms with van der Waals surface area (Å²) in [7, 11) is -3.27. The second-order valence-electron chi connectivity index (χ2n) is 10.5. The van der Waals surface area contributed by atoms with Crippen LogP contribution in [0.4, 0.5) is 0 Å². The largest absolute Gasteiger partial charge is 1.00 e. The fraction of sp³-hybridized carbons (Fsp3) is 0.400. The first-order valence-corrected chi connectivity index (χ1v) is 16.8.